The second kappa shape index (κ2) is 11.2. The van der Waals surface area contributed by atoms with Crippen LogP contribution in [0.3, 0.4) is 0 Å². The second-order valence-electron chi connectivity index (χ2n) is 4.47. The molecule has 0 aliphatic rings. The third-order valence-corrected chi connectivity index (χ3v) is 2.90. The Morgan fingerprint density at radius 1 is 1.33 bits per heavy atom. The van der Waals surface area contributed by atoms with Crippen LogP contribution in [0.2, 0.25) is 0 Å². The number of hydrogen-bond acceptors (Lipinski definition) is 3. The van der Waals surface area contributed by atoms with Gasteiger partial charge in [-0.1, -0.05) is 31.6 Å². The number of nitrogens with two attached hydrogens (primary N) is 1. The summed E-state index contributed by atoms with van der Waals surface area (Å²) in [5, 5.41) is 0. The zero-order valence-corrected chi connectivity index (χ0v) is 12.4. The third kappa shape index (κ3) is 7.41. The van der Waals surface area contributed by atoms with Crippen molar-refractivity contribution in [3.8, 4) is 0 Å². The molecular formula is C15H29N3. The predicted molar refractivity (Wildman–Crippen MR) is 82.1 cm³/mol. The minimum atomic E-state index is 0.343. The maximum Gasteiger partial charge on any atom is 0.0528 e. The summed E-state index contributed by atoms with van der Waals surface area (Å²) in [6, 6.07) is 0.343. The lowest BCUT2D eigenvalue weighted by Crippen LogP contribution is -2.30. The molecule has 0 saturated carbocycles. The van der Waals surface area contributed by atoms with Crippen LogP contribution < -0.4 is 5.73 Å². The summed E-state index contributed by atoms with van der Waals surface area (Å²) in [4.78, 5) is 6.77. The maximum atomic E-state index is 5.45. The third-order valence-electron chi connectivity index (χ3n) is 2.90. The Labute approximate surface area is 112 Å². The molecule has 1 atom stereocenters. The van der Waals surface area contributed by atoms with E-state index in [9.17, 15) is 0 Å². The Morgan fingerprint density at radius 3 is 2.61 bits per heavy atom. The van der Waals surface area contributed by atoms with E-state index in [1.807, 2.05) is 13.1 Å². The molecule has 0 aliphatic heterocycles. The highest BCUT2D eigenvalue weighted by atomic mass is 15.1. The normalized spacial score (nSPS) is 15.1. The van der Waals surface area contributed by atoms with Gasteiger partial charge in [0.15, 0.2) is 0 Å². The van der Waals surface area contributed by atoms with Crippen molar-refractivity contribution in [2.75, 3.05) is 20.1 Å². The summed E-state index contributed by atoms with van der Waals surface area (Å²) in [6.07, 6.45) is 11.6. The number of unbranched alkanes of at least 4 members (excludes halogenated alkanes) is 1. The van der Waals surface area contributed by atoms with Gasteiger partial charge in [0.2, 0.25) is 0 Å². The van der Waals surface area contributed by atoms with Gasteiger partial charge in [-0.05, 0) is 40.3 Å². The fourth-order valence-corrected chi connectivity index (χ4v) is 1.61. The molecule has 0 aromatic heterocycles. The fraction of sp³-hybridized carbons (Fsp3) is 0.667. The predicted octanol–water partition coefficient (Wildman–Crippen LogP) is 2.99. The van der Waals surface area contributed by atoms with Crippen molar-refractivity contribution < 1.29 is 0 Å². The molecule has 2 N–H and O–H groups in total. The zero-order chi connectivity index (χ0) is 13.8. The van der Waals surface area contributed by atoms with E-state index in [0.29, 0.717) is 6.04 Å². The van der Waals surface area contributed by atoms with Crippen LogP contribution in [0.1, 0.15) is 40.0 Å². The van der Waals surface area contributed by atoms with E-state index in [4.69, 9.17) is 5.73 Å². The number of allylic oxidation sites excluding steroid dienone is 1. The van der Waals surface area contributed by atoms with E-state index in [1.165, 1.54) is 0 Å². The van der Waals surface area contributed by atoms with Crippen LogP contribution in [0.4, 0.5) is 0 Å². The van der Waals surface area contributed by atoms with Crippen LogP contribution in [0.5, 0.6) is 0 Å². The van der Waals surface area contributed by atoms with E-state index in [-0.39, 0.29) is 0 Å². The molecular weight excluding hydrogens is 222 g/mol. The molecule has 0 radical (unpaired) electrons. The SMILES string of the molecule is C/C=N\C(=C/CCC)C(C)N(C)C/C=C\CCN. The highest BCUT2D eigenvalue weighted by molar-refractivity contribution is 5.55. The molecule has 3 heteroatoms. The van der Waals surface area contributed by atoms with E-state index in [2.05, 4.69) is 49.0 Å². The summed E-state index contributed by atoms with van der Waals surface area (Å²) >= 11 is 0. The molecule has 0 rings (SSSR count). The van der Waals surface area contributed by atoms with Crippen molar-refractivity contribution in [3.63, 3.8) is 0 Å². The van der Waals surface area contributed by atoms with Crippen molar-refractivity contribution in [1.29, 1.82) is 0 Å². The first kappa shape index (κ1) is 17.1. The minimum Gasteiger partial charge on any atom is -0.330 e. The molecule has 1 unspecified atom stereocenters. The van der Waals surface area contributed by atoms with E-state index in [1.54, 1.807) is 0 Å². The summed E-state index contributed by atoms with van der Waals surface area (Å²) in [5.41, 5.74) is 6.62. The average molecular weight is 251 g/mol. The van der Waals surface area contributed by atoms with Crippen molar-refractivity contribution in [2.24, 2.45) is 10.7 Å². The minimum absolute atomic E-state index is 0.343. The van der Waals surface area contributed by atoms with Crippen molar-refractivity contribution >= 4 is 6.21 Å². The van der Waals surface area contributed by atoms with Crippen molar-refractivity contribution in [1.82, 2.24) is 4.90 Å². The van der Waals surface area contributed by atoms with E-state index < -0.39 is 0 Å². The quantitative estimate of drug-likeness (QED) is 0.505. The van der Waals surface area contributed by atoms with Gasteiger partial charge in [-0.3, -0.25) is 9.89 Å². The number of hydrogen-bond donors (Lipinski definition) is 1. The topological polar surface area (TPSA) is 41.6 Å². The van der Waals surface area contributed by atoms with Gasteiger partial charge in [0, 0.05) is 18.8 Å². The number of likely N-dealkylation sites (N-methyl/N-ethyl adjacent to an activating group) is 1. The first-order valence-corrected chi connectivity index (χ1v) is 6.91. The monoisotopic (exact) mass is 251 g/mol. The Kier molecular flexibility index (Phi) is 10.6. The maximum absolute atomic E-state index is 5.45. The molecule has 0 fully saturated rings. The van der Waals surface area contributed by atoms with Gasteiger partial charge in [0.25, 0.3) is 0 Å². The largest absolute Gasteiger partial charge is 0.330 e. The number of rotatable bonds is 9. The molecule has 18 heavy (non-hydrogen) atoms. The average Bonchev–Trinajstić information content (AvgIpc) is 2.38. The highest BCUT2D eigenvalue weighted by Crippen LogP contribution is 2.12. The van der Waals surface area contributed by atoms with Crippen molar-refractivity contribution in [3.05, 3.63) is 23.9 Å². The molecule has 3 nitrogen and oxygen atoms in total. The van der Waals surface area contributed by atoms with Crippen LogP contribution in [0.15, 0.2) is 28.9 Å². The van der Waals surface area contributed by atoms with Gasteiger partial charge in [0.05, 0.1) is 5.70 Å². The van der Waals surface area contributed by atoms with Crippen LogP contribution >= 0.6 is 0 Å². The van der Waals surface area contributed by atoms with Crippen LogP contribution in [0.25, 0.3) is 0 Å². The molecule has 0 aromatic carbocycles. The number of nitrogens with zero attached hydrogens (tertiary/aromatic N) is 2. The van der Waals surface area contributed by atoms with E-state index >= 15 is 0 Å². The van der Waals surface area contributed by atoms with E-state index in [0.717, 1.165) is 38.0 Å². The van der Waals surface area contributed by atoms with Crippen LogP contribution in [0, 0.1) is 0 Å². The van der Waals surface area contributed by atoms with Gasteiger partial charge in [-0.25, -0.2) is 0 Å². The standard InChI is InChI=1S/C15H29N3/c1-5-7-11-15(17-6-2)14(3)18(4)13-10-8-9-12-16/h6,8,10-11,14H,5,7,9,12-13,16H2,1-4H3/b10-8-,15-11-,17-6-. The second-order valence-corrected chi connectivity index (χ2v) is 4.47. The summed E-state index contributed by atoms with van der Waals surface area (Å²) in [6.45, 7) is 8.01. The van der Waals surface area contributed by atoms with Gasteiger partial charge >= 0.3 is 0 Å². The molecule has 0 saturated heterocycles. The molecule has 0 aliphatic carbocycles. The van der Waals surface area contributed by atoms with Crippen LogP contribution in [-0.4, -0.2) is 37.3 Å². The lowest BCUT2D eigenvalue weighted by Gasteiger charge is -2.24. The van der Waals surface area contributed by atoms with Crippen molar-refractivity contribution in [2.45, 2.75) is 46.1 Å². The Balaban J connectivity index is 4.41. The first-order chi connectivity index (χ1) is 8.67. The Bertz CT molecular complexity index is 279. The Hall–Kier alpha value is -0.930. The van der Waals surface area contributed by atoms with Gasteiger partial charge in [-0.2, -0.15) is 0 Å². The molecule has 0 bridgehead atoms. The summed E-state index contributed by atoms with van der Waals surface area (Å²) < 4.78 is 0. The smallest absolute Gasteiger partial charge is 0.0528 e. The van der Waals surface area contributed by atoms with Gasteiger partial charge in [0.1, 0.15) is 0 Å². The number of aliphatic imine (C=N–C) groups is 1. The lowest BCUT2D eigenvalue weighted by molar-refractivity contribution is 0.315. The van der Waals surface area contributed by atoms with Crippen LogP contribution in [-0.2, 0) is 0 Å². The fourth-order valence-electron chi connectivity index (χ4n) is 1.61. The molecule has 0 spiro atoms. The molecule has 104 valence electrons. The van der Waals surface area contributed by atoms with Gasteiger partial charge < -0.3 is 5.73 Å². The molecule has 0 amide bonds. The molecule has 0 heterocycles. The molecule has 0 aromatic rings. The summed E-state index contributed by atoms with van der Waals surface area (Å²) in [5.74, 6) is 0. The Morgan fingerprint density at radius 2 is 2.06 bits per heavy atom. The lowest BCUT2D eigenvalue weighted by atomic mass is 10.1. The zero-order valence-electron chi connectivity index (χ0n) is 12.4. The summed E-state index contributed by atoms with van der Waals surface area (Å²) in [7, 11) is 2.13. The first-order valence-electron chi connectivity index (χ1n) is 6.91. The van der Waals surface area contributed by atoms with Gasteiger partial charge in [-0.15, -0.1) is 0 Å². The highest BCUT2D eigenvalue weighted by Gasteiger charge is 2.11.